The Morgan fingerprint density at radius 1 is 1.35 bits per heavy atom. The zero-order valence-corrected chi connectivity index (χ0v) is 12.0. The fourth-order valence-corrected chi connectivity index (χ4v) is 3.01. The number of anilines is 1. The molecule has 1 fully saturated rings. The molecule has 1 aromatic carbocycles. The van der Waals surface area contributed by atoms with Crippen molar-refractivity contribution in [2.24, 2.45) is 5.41 Å². The summed E-state index contributed by atoms with van der Waals surface area (Å²) in [6.45, 7) is 6.87. The molecule has 0 amide bonds. The SMILES string of the molecule is CC1(C)CCCN(c2ccc(Cl)cc2CCl)C1. The highest BCUT2D eigenvalue weighted by molar-refractivity contribution is 6.30. The van der Waals surface area contributed by atoms with Gasteiger partial charge in [-0.25, -0.2) is 0 Å². The molecule has 0 radical (unpaired) electrons. The van der Waals surface area contributed by atoms with Crippen LogP contribution in [0.3, 0.4) is 0 Å². The Bertz CT molecular complexity index is 401. The average molecular weight is 272 g/mol. The maximum absolute atomic E-state index is 6.01. The number of rotatable bonds is 2. The minimum Gasteiger partial charge on any atom is -0.371 e. The monoisotopic (exact) mass is 271 g/mol. The Labute approximate surface area is 114 Å². The quantitative estimate of drug-likeness (QED) is 0.705. The van der Waals surface area contributed by atoms with Gasteiger partial charge in [-0.05, 0) is 42.0 Å². The summed E-state index contributed by atoms with van der Waals surface area (Å²) in [6, 6.07) is 6.03. The lowest BCUT2D eigenvalue weighted by molar-refractivity contribution is 0.293. The predicted octanol–water partition coefficient (Wildman–Crippen LogP) is 4.71. The van der Waals surface area contributed by atoms with Crippen LogP contribution in [0, 0.1) is 5.41 Å². The van der Waals surface area contributed by atoms with Crippen LogP contribution in [0.15, 0.2) is 18.2 Å². The molecule has 1 aliphatic heterocycles. The van der Waals surface area contributed by atoms with Gasteiger partial charge in [0.15, 0.2) is 0 Å². The van der Waals surface area contributed by atoms with E-state index in [-0.39, 0.29) is 0 Å². The highest BCUT2D eigenvalue weighted by Gasteiger charge is 2.27. The molecule has 0 N–H and O–H groups in total. The second kappa shape index (κ2) is 5.07. The number of hydrogen-bond donors (Lipinski definition) is 0. The summed E-state index contributed by atoms with van der Waals surface area (Å²) in [5.41, 5.74) is 2.77. The summed E-state index contributed by atoms with van der Waals surface area (Å²) in [5, 5.41) is 0.765. The molecule has 1 aromatic rings. The molecule has 0 spiro atoms. The third-order valence-corrected chi connectivity index (χ3v) is 3.95. The van der Waals surface area contributed by atoms with Crippen LogP contribution < -0.4 is 4.90 Å². The van der Waals surface area contributed by atoms with Gasteiger partial charge < -0.3 is 4.90 Å². The summed E-state index contributed by atoms with van der Waals surface area (Å²) in [6.07, 6.45) is 2.55. The number of halogens is 2. The number of alkyl halides is 1. The van der Waals surface area contributed by atoms with Crippen molar-refractivity contribution in [3.8, 4) is 0 Å². The molecule has 94 valence electrons. The summed E-state index contributed by atoms with van der Waals surface area (Å²) in [4.78, 5) is 2.44. The first-order chi connectivity index (χ1) is 8.02. The molecular weight excluding hydrogens is 253 g/mol. The highest BCUT2D eigenvalue weighted by atomic mass is 35.5. The van der Waals surface area contributed by atoms with Crippen molar-refractivity contribution in [3.05, 3.63) is 28.8 Å². The van der Waals surface area contributed by atoms with Crippen molar-refractivity contribution in [1.29, 1.82) is 0 Å². The Balaban J connectivity index is 2.27. The predicted molar refractivity (Wildman–Crippen MR) is 76.2 cm³/mol. The molecule has 0 saturated carbocycles. The minimum atomic E-state index is 0.390. The lowest BCUT2D eigenvalue weighted by Crippen LogP contribution is -2.40. The number of hydrogen-bond acceptors (Lipinski definition) is 1. The first-order valence-electron chi connectivity index (χ1n) is 6.11. The van der Waals surface area contributed by atoms with Gasteiger partial charge in [0.25, 0.3) is 0 Å². The maximum Gasteiger partial charge on any atom is 0.0495 e. The van der Waals surface area contributed by atoms with E-state index in [4.69, 9.17) is 23.2 Å². The number of nitrogens with zero attached hydrogens (tertiary/aromatic N) is 1. The second-order valence-electron chi connectivity index (χ2n) is 5.60. The number of piperidine rings is 1. The first kappa shape index (κ1) is 13.0. The summed E-state index contributed by atoms with van der Waals surface area (Å²) < 4.78 is 0. The third-order valence-electron chi connectivity index (χ3n) is 3.43. The van der Waals surface area contributed by atoms with E-state index < -0.39 is 0 Å². The molecule has 0 aliphatic carbocycles. The zero-order chi connectivity index (χ0) is 12.5. The highest BCUT2D eigenvalue weighted by Crippen LogP contribution is 2.34. The van der Waals surface area contributed by atoms with Gasteiger partial charge in [0.1, 0.15) is 0 Å². The van der Waals surface area contributed by atoms with Gasteiger partial charge in [0.2, 0.25) is 0 Å². The topological polar surface area (TPSA) is 3.24 Å². The Kier molecular flexibility index (Phi) is 3.89. The lowest BCUT2D eigenvalue weighted by Gasteiger charge is -2.40. The molecule has 0 aromatic heterocycles. The van der Waals surface area contributed by atoms with Crippen LogP contribution in [0.5, 0.6) is 0 Å². The fraction of sp³-hybridized carbons (Fsp3) is 0.571. The van der Waals surface area contributed by atoms with E-state index in [9.17, 15) is 0 Å². The molecule has 2 rings (SSSR count). The normalized spacial score (nSPS) is 19.4. The van der Waals surface area contributed by atoms with Crippen LogP contribution in [0.1, 0.15) is 32.3 Å². The number of benzene rings is 1. The smallest absolute Gasteiger partial charge is 0.0495 e. The largest absolute Gasteiger partial charge is 0.371 e. The van der Waals surface area contributed by atoms with E-state index in [1.165, 1.54) is 18.5 Å². The third kappa shape index (κ3) is 3.08. The standard InChI is InChI=1S/C14H19Cl2N/c1-14(2)6-3-7-17(10-14)13-5-4-12(16)8-11(13)9-15/h4-5,8H,3,6-7,9-10H2,1-2H3. The van der Waals surface area contributed by atoms with Gasteiger partial charge in [0, 0.05) is 29.7 Å². The molecule has 1 saturated heterocycles. The first-order valence-corrected chi connectivity index (χ1v) is 7.02. The molecule has 1 nitrogen and oxygen atoms in total. The van der Waals surface area contributed by atoms with Crippen molar-refractivity contribution >= 4 is 28.9 Å². The van der Waals surface area contributed by atoms with E-state index in [0.717, 1.165) is 23.7 Å². The van der Waals surface area contributed by atoms with Crippen LogP contribution in [-0.4, -0.2) is 13.1 Å². The van der Waals surface area contributed by atoms with Crippen molar-refractivity contribution in [2.45, 2.75) is 32.6 Å². The fourth-order valence-electron chi connectivity index (χ4n) is 2.60. The second-order valence-corrected chi connectivity index (χ2v) is 6.30. The van der Waals surface area contributed by atoms with Crippen LogP contribution in [-0.2, 0) is 5.88 Å². The van der Waals surface area contributed by atoms with Crippen LogP contribution >= 0.6 is 23.2 Å². The van der Waals surface area contributed by atoms with Crippen LogP contribution in [0.2, 0.25) is 5.02 Å². The summed E-state index contributed by atoms with van der Waals surface area (Å²) in [7, 11) is 0. The van der Waals surface area contributed by atoms with Crippen LogP contribution in [0.25, 0.3) is 0 Å². The van der Waals surface area contributed by atoms with Gasteiger partial charge in [-0.15, -0.1) is 11.6 Å². The van der Waals surface area contributed by atoms with E-state index in [1.54, 1.807) is 0 Å². The molecule has 0 bridgehead atoms. The molecule has 0 unspecified atom stereocenters. The van der Waals surface area contributed by atoms with Crippen LogP contribution in [0.4, 0.5) is 5.69 Å². The molecule has 3 heteroatoms. The summed E-state index contributed by atoms with van der Waals surface area (Å²) in [5.74, 6) is 0.521. The lowest BCUT2D eigenvalue weighted by atomic mass is 9.84. The van der Waals surface area contributed by atoms with Crippen molar-refractivity contribution in [2.75, 3.05) is 18.0 Å². The van der Waals surface area contributed by atoms with E-state index in [2.05, 4.69) is 24.8 Å². The minimum absolute atomic E-state index is 0.390. The van der Waals surface area contributed by atoms with Crippen molar-refractivity contribution in [3.63, 3.8) is 0 Å². The molecule has 17 heavy (non-hydrogen) atoms. The van der Waals surface area contributed by atoms with Gasteiger partial charge in [-0.3, -0.25) is 0 Å². The van der Waals surface area contributed by atoms with E-state index in [1.807, 2.05) is 12.1 Å². The van der Waals surface area contributed by atoms with Gasteiger partial charge in [0.05, 0.1) is 0 Å². The molecule has 1 aliphatic rings. The molecule has 1 heterocycles. The Morgan fingerprint density at radius 3 is 2.76 bits per heavy atom. The summed E-state index contributed by atoms with van der Waals surface area (Å²) >= 11 is 12.0. The van der Waals surface area contributed by atoms with E-state index >= 15 is 0 Å². The van der Waals surface area contributed by atoms with Gasteiger partial charge in [-0.1, -0.05) is 25.4 Å². The van der Waals surface area contributed by atoms with Crippen molar-refractivity contribution in [1.82, 2.24) is 0 Å². The Morgan fingerprint density at radius 2 is 2.12 bits per heavy atom. The van der Waals surface area contributed by atoms with E-state index in [0.29, 0.717) is 11.3 Å². The Hall–Kier alpha value is -0.400. The van der Waals surface area contributed by atoms with Gasteiger partial charge >= 0.3 is 0 Å². The average Bonchev–Trinajstić information content (AvgIpc) is 2.27. The van der Waals surface area contributed by atoms with Gasteiger partial charge in [-0.2, -0.15) is 0 Å². The maximum atomic E-state index is 6.01. The molecular formula is C14H19Cl2N. The zero-order valence-electron chi connectivity index (χ0n) is 10.5. The van der Waals surface area contributed by atoms with Crippen molar-refractivity contribution < 1.29 is 0 Å². The molecule has 0 atom stereocenters.